The fourth-order valence-corrected chi connectivity index (χ4v) is 2.51. The first-order valence-corrected chi connectivity index (χ1v) is 7.75. The van der Waals surface area contributed by atoms with Gasteiger partial charge in [-0.1, -0.05) is 37.3 Å². The fourth-order valence-electron chi connectivity index (χ4n) is 2.51. The third-order valence-corrected chi connectivity index (χ3v) is 4.02. The van der Waals surface area contributed by atoms with Gasteiger partial charge in [-0.05, 0) is 30.0 Å². The van der Waals surface area contributed by atoms with Crippen molar-refractivity contribution >= 4 is 5.91 Å². The maximum atomic E-state index is 11.7. The van der Waals surface area contributed by atoms with Crippen molar-refractivity contribution in [3.63, 3.8) is 0 Å². The molecule has 2 atom stereocenters. The second kappa shape index (κ2) is 6.79. The molecule has 0 aliphatic heterocycles. The SMILES string of the molecule is C[C@H]1C[C@H]1c1ccc(CCC(=O)NOCc2ccccc2)o1. The standard InChI is InChI=1S/C18H21NO3/c1-13-11-16(13)17-9-7-15(22-17)8-10-18(20)19-21-12-14-5-3-2-4-6-14/h2-7,9,13,16H,8,10-12H2,1H3,(H,19,20)/t13-,16+/m0/s1. The smallest absolute Gasteiger partial charge is 0.243 e. The summed E-state index contributed by atoms with van der Waals surface area (Å²) < 4.78 is 5.78. The molecule has 1 fully saturated rings. The lowest BCUT2D eigenvalue weighted by Gasteiger charge is -2.05. The number of nitrogens with one attached hydrogen (secondary N) is 1. The number of carbonyl (C=O) groups excluding carboxylic acids is 1. The van der Waals surface area contributed by atoms with Crippen LogP contribution in [-0.4, -0.2) is 5.91 Å². The topological polar surface area (TPSA) is 51.5 Å². The third kappa shape index (κ3) is 3.98. The third-order valence-electron chi connectivity index (χ3n) is 4.02. The Bertz CT molecular complexity index is 620. The minimum Gasteiger partial charge on any atom is -0.466 e. The van der Waals surface area contributed by atoms with Crippen molar-refractivity contribution in [2.24, 2.45) is 5.92 Å². The Balaban J connectivity index is 1.36. The average Bonchev–Trinajstić information content (AvgIpc) is 3.08. The first-order valence-electron chi connectivity index (χ1n) is 7.75. The zero-order chi connectivity index (χ0) is 15.4. The maximum absolute atomic E-state index is 11.7. The Morgan fingerprint density at radius 2 is 2.05 bits per heavy atom. The van der Waals surface area contributed by atoms with E-state index in [0.717, 1.165) is 23.0 Å². The quantitative estimate of drug-likeness (QED) is 0.795. The molecular weight excluding hydrogens is 278 g/mol. The van der Waals surface area contributed by atoms with Gasteiger partial charge in [0.25, 0.3) is 0 Å². The zero-order valence-corrected chi connectivity index (χ0v) is 12.7. The van der Waals surface area contributed by atoms with Crippen LogP contribution in [0.25, 0.3) is 0 Å². The van der Waals surface area contributed by atoms with Crippen molar-refractivity contribution in [1.82, 2.24) is 5.48 Å². The monoisotopic (exact) mass is 299 g/mol. The van der Waals surface area contributed by atoms with Crippen LogP contribution in [0.2, 0.25) is 0 Å². The van der Waals surface area contributed by atoms with E-state index < -0.39 is 0 Å². The largest absolute Gasteiger partial charge is 0.466 e. The summed E-state index contributed by atoms with van der Waals surface area (Å²) in [6.07, 6.45) is 2.17. The van der Waals surface area contributed by atoms with Gasteiger partial charge in [-0.3, -0.25) is 9.63 Å². The second-order valence-corrected chi connectivity index (χ2v) is 5.92. The zero-order valence-electron chi connectivity index (χ0n) is 12.7. The van der Waals surface area contributed by atoms with Crippen LogP contribution < -0.4 is 5.48 Å². The number of rotatable bonds is 7. The highest BCUT2D eigenvalue weighted by Crippen LogP contribution is 2.47. The number of carbonyl (C=O) groups is 1. The normalized spacial score (nSPS) is 19.9. The maximum Gasteiger partial charge on any atom is 0.243 e. The van der Waals surface area contributed by atoms with Gasteiger partial charge in [-0.25, -0.2) is 5.48 Å². The fraction of sp³-hybridized carbons (Fsp3) is 0.389. The van der Waals surface area contributed by atoms with Gasteiger partial charge in [-0.15, -0.1) is 0 Å². The predicted octanol–water partition coefficient (Wildman–Crippen LogP) is 3.58. The molecule has 0 unspecified atom stereocenters. The predicted molar refractivity (Wildman–Crippen MR) is 82.9 cm³/mol. The van der Waals surface area contributed by atoms with Crippen LogP contribution in [0.4, 0.5) is 0 Å². The summed E-state index contributed by atoms with van der Waals surface area (Å²) in [4.78, 5) is 16.9. The van der Waals surface area contributed by atoms with Crippen LogP contribution in [0.15, 0.2) is 46.9 Å². The summed E-state index contributed by atoms with van der Waals surface area (Å²) >= 11 is 0. The molecule has 1 aromatic heterocycles. The molecule has 22 heavy (non-hydrogen) atoms. The van der Waals surface area contributed by atoms with Crippen molar-refractivity contribution in [3.05, 3.63) is 59.5 Å². The van der Waals surface area contributed by atoms with E-state index in [-0.39, 0.29) is 5.91 Å². The lowest BCUT2D eigenvalue weighted by atomic mass is 10.2. The van der Waals surface area contributed by atoms with Gasteiger partial charge in [0.1, 0.15) is 11.5 Å². The van der Waals surface area contributed by atoms with E-state index in [1.807, 2.05) is 42.5 Å². The van der Waals surface area contributed by atoms with E-state index in [9.17, 15) is 4.79 Å². The summed E-state index contributed by atoms with van der Waals surface area (Å²) in [7, 11) is 0. The molecule has 1 saturated carbocycles. The van der Waals surface area contributed by atoms with Crippen molar-refractivity contribution in [2.75, 3.05) is 0 Å². The first-order chi connectivity index (χ1) is 10.7. The Morgan fingerprint density at radius 1 is 1.27 bits per heavy atom. The Hall–Kier alpha value is -2.07. The van der Waals surface area contributed by atoms with E-state index in [0.29, 0.717) is 25.4 Å². The van der Waals surface area contributed by atoms with E-state index in [1.54, 1.807) is 0 Å². The van der Waals surface area contributed by atoms with Gasteiger partial charge in [0.15, 0.2) is 0 Å². The molecule has 4 heteroatoms. The molecular formula is C18H21NO3. The van der Waals surface area contributed by atoms with Crippen LogP contribution in [0, 0.1) is 5.92 Å². The lowest BCUT2D eigenvalue weighted by molar-refractivity contribution is -0.134. The minimum absolute atomic E-state index is 0.131. The van der Waals surface area contributed by atoms with Gasteiger partial charge in [0.2, 0.25) is 5.91 Å². The van der Waals surface area contributed by atoms with Crippen LogP contribution >= 0.6 is 0 Å². The molecule has 2 aromatic rings. The molecule has 0 spiro atoms. The Morgan fingerprint density at radius 3 is 2.77 bits per heavy atom. The number of hydroxylamine groups is 1. The van der Waals surface area contributed by atoms with E-state index >= 15 is 0 Å². The molecule has 116 valence electrons. The number of hydrogen-bond acceptors (Lipinski definition) is 3. The molecule has 1 N–H and O–H groups in total. The van der Waals surface area contributed by atoms with Gasteiger partial charge >= 0.3 is 0 Å². The molecule has 4 nitrogen and oxygen atoms in total. The van der Waals surface area contributed by atoms with Gasteiger partial charge in [0, 0.05) is 18.8 Å². The molecule has 1 amide bonds. The van der Waals surface area contributed by atoms with E-state index in [2.05, 4.69) is 12.4 Å². The highest BCUT2D eigenvalue weighted by atomic mass is 16.6. The molecule has 0 bridgehead atoms. The molecule has 3 rings (SSSR count). The van der Waals surface area contributed by atoms with Gasteiger partial charge in [-0.2, -0.15) is 0 Å². The minimum atomic E-state index is -0.131. The molecule has 1 aliphatic rings. The number of aryl methyl sites for hydroxylation is 1. The second-order valence-electron chi connectivity index (χ2n) is 5.92. The lowest BCUT2D eigenvalue weighted by Crippen LogP contribution is -2.23. The summed E-state index contributed by atoms with van der Waals surface area (Å²) in [6.45, 7) is 2.60. The molecule has 1 heterocycles. The Kier molecular flexibility index (Phi) is 4.59. The first kappa shape index (κ1) is 14.9. The van der Waals surface area contributed by atoms with Crippen molar-refractivity contribution in [3.8, 4) is 0 Å². The summed E-state index contributed by atoms with van der Waals surface area (Å²) in [5.41, 5.74) is 3.49. The van der Waals surface area contributed by atoms with Crippen LogP contribution in [0.3, 0.4) is 0 Å². The summed E-state index contributed by atoms with van der Waals surface area (Å²) in [6, 6.07) is 13.7. The molecule has 1 aliphatic carbocycles. The van der Waals surface area contributed by atoms with Crippen molar-refractivity contribution in [1.29, 1.82) is 0 Å². The van der Waals surface area contributed by atoms with Crippen LogP contribution in [0.5, 0.6) is 0 Å². The summed E-state index contributed by atoms with van der Waals surface area (Å²) in [5.74, 6) is 3.11. The Labute approximate surface area is 130 Å². The number of hydrogen-bond donors (Lipinski definition) is 1. The van der Waals surface area contributed by atoms with Crippen LogP contribution in [0.1, 0.15) is 42.8 Å². The molecule has 0 saturated heterocycles. The number of furan rings is 1. The van der Waals surface area contributed by atoms with E-state index in [4.69, 9.17) is 9.25 Å². The summed E-state index contributed by atoms with van der Waals surface area (Å²) in [5, 5.41) is 0. The van der Waals surface area contributed by atoms with Gasteiger partial charge in [0.05, 0.1) is 6.61 Å². The highest BCUT2D eigenvalue weighted by Gasteiger charge is 2.36. The van der Waals surface area contributed by atoms with E-state index in [1.165, 1.54) is 6.42 Å². The molecule has 0 radical (unpaired) electrons. The van der Waals surface area contributed by atoms with Crippen LogP contribution in [-0.2, 0) is 22.7 Å². The number of benzene rings is 1. The van der Waals surface area contributed by atoms with Gasteiger partial charge < -0.3 is 4.42 Å². The molecule has 1 aromatic carbocycles. The van der Waals surface area contributed by atoms with Crippen molar-refractivity contribution < 1.29 is 14.0 Å². The highest BCUT2D eigenvalue weighted by molar-refractivity contribution is 5.74. The van der Waals surface area contributed by atoms with Crippen molar-refractivity contribution in [2.45, 2.75) is 38.7 Å². The number of amides is 1. The average molecular weight is 299 g/mol.